The largest absolute Gasteiger partial charge is 0.365 e. The maximum absolute atomic E-state index is 5.72. The molecule has 2 aliphatic carbocycles. The zero-order chi connectivity index (χ0) is 6.93. The minimum atomic E-state index is 0.443. The molecule has 0 radical (unpaired) electrons. The molecule has 1 nitrogen and oxygen atoms in total. The fourth-order valence-corrected chi connectivity index (χ4v) is 2.87. The van der Waals surface area contributed by atoms with Gasteiger partial charge >= 0.3 is 0 Å². The van der Waals surface area contributed by atoms with Gasteiger partial charge in [-0.1, -0.05) is 13.8 Å². The van der Waals surface area contributed by atoms with E-state index in [4.69, 9.17) is 4.74 Å². The second kappa shape index (κ2) is 1.29. The molecule has 0 amide bonds. The van der Waals surface area contributed by atoms with Crippen molar-refractivity contribution < 1.29 is 4.74 Å². The number of hydrogen-bond acceptors (Lipinski definition) is 1. The number of hydrogen-bond donors (Lipinski definition) is 0. The molecule has 0 N–H and O–H groups in total. The molecule has 1 heteroatoms. The molecule has 1 heterocycles. The Kier molecular flexibility index (Phi) is 0.722. The predicted molar refractivity (Wildman–Crippen MR) is 38.7 cm³/mol. The van der Waals surface area contributed by atoms with E-state index < -0.39 is 0 Å². The summed E-state index contributed by atoms with van der Waals surface area (Å²) in [5, 5.41) is 0. The smallest absolute Gasteiger partial charge is 0.0985 e. The summed E-state index contributed by atoms with van der Waals surface area (Å²) in [6.45, 7) is 4.66. The highest BCUT2D eigenvalue weighted by atomic mass is 16.6. The van der Waals surface area contributed by atoms with Gasteiger partial charge in [0.1, 0.15) is 0 Å². The molecule has 2 saturated carbocycles. The van der Waals surface area contributed by atoms with Gasteiger partial charge in [-0.15, -0.1) is 0 Å². The lowest BCUT2D eigenvalue weighted by atomic mass is 9.73. The van der Waals surface area contributed by atoms with E-state index in [2.05, 4.69) is 13.8 Å². The van der Waals surface area contributed by atoms with Crippen molar-refractivity contribution in [2.45, 2.75) is 38.4 Å². The quantitative estimate of drug-likeness (QED) is 0.503. The summed E-state index contributed by atoms with van der Waals surface area (Å²) < 4.78 is 5.72. The van der Waals surface area contributed by atoms with Crippen LogP contribution in [0.2, 0.25) is 0 Å². The van der Waals surface area contributed by atoms with Gasteiger partial charge in [-0.25, -0.2) is 0 Å². The van der Waals surface area contributed by atoms with Crippen molar-refractivity contribution in [2.24, 2.45) is 17.8 Å². The topological polar surface area (TPSA) is 12.5 Å². The van der Waals surface area contributed by atoms with E-state index in [1.807, 2.05) is 0 Å². The molecule has 0 aromatic rings. The third-order valence-electron chi connectivity index (χ3n) is 3.67. The van der Waals surface area contributed by atoms with Crippen molar-refractivity contribution in [1.29, 1.82) is 0 Å². The Morgan fingerprint density at radius 3 is 2.30 bits per heavy atom. The van der Waals surface area contributed by atoms with Crippen molar-refractivity contribution in [2.75, 3.05) is 0 Å². The molecule has 10 heavy (non-hydrogen) atoms. The Morgan fingerprint density at radius 2 is 2.00 bits per heavy atom. The van der Waals surface area contributed by atoms with E-state index in [0.717, 1.165) is 17.8 Å². The Hall–Kier alpha value is -0.0400. The SMILES string of the molecule is CC1CC1C12CC(C)C1O2. The molecule has 3 aliphatic rings. The first kappa shape index (κ1) is 5.59. The van der Waals surface area contributed by atoms with Gasteiger partial charge in [0.2, 0.25) is 0 Å². The molecule has 56 valence electrons. The van der Waals surface area contributed by atoms with Gasteiger partial charge in [0, 0.05) is 0 Å². The highest BCUT2D eigenvalue weighted by molar-refractivity contribution is 5.22. The molecule has 0 aromatic carbocycles. The minimum Gasteiger partial charge on any atom is -0.365 e. The second-order valence-electron chi connectivity index (χ2n) is 4.49. The summed E-state index contributed by atoms with van der Waals surface area (Å²) in [7, 11) is 0. The summed E-state index contributed by atoms with van der Waals surface area (Å²) in [6.07, 6.45) is 3.47. The van der Waals surface area contributed by atoms with Crippen LogP contribution in [0.3, 0.4) is 0 Å². The van der Waals surface area contributed by atoms with Crippen LogP contribution in [0.25, 0.3) is 0 Å². The van der Waals surface area contributed by atoms with Crippen LogP contribution in [0.1, 0.15) is 26.7 Å². The van der Waals surface area contributed by atoms with Crippen molar-refractivity contribution in [3.05, 3.63) is 0 Å². The van der Waals surface area contributed by atoms with Gasteiger partial charge < -0.3 is 4.74 Å². The standard InChI is InChI=1S/C9H14O/c1-5-3-7(5)9-4-6(2)8(9)10-9/h5-8H,3-4H2,1-2H3. The molecule has 5 unspecified atom stereocenters. The highest BCUT2D eigenvalue weighted by Gasteiger charge is 2.75. The summed E-state index contributed by atoms with van der Waals surface area (Å²) in [6, 6.07) is 0. The van der Waals surface area contributed by atoms with Crippen LogP contribution < -0.4 is 0 Å². The van der Waals surface area contributed by atoms with E-state index >= 15 is 0 Å². The fraction of sp³-hybridized carbons (Fsp3) is 1.00. The molecule has 3 rings (SSSR count). The highest BCUT2D eigenvalue weighted by Crippen LogP contribution is 2.68. The Bertz CT molecular complexity index is 189. The number of rotatable bonds is 1. The second-order valence-corrected chi connectivity index (χ2v) is 4.49. The molecule has 0 aromatic heterocycles. The van der Waals surface area contributed by atoms with Crippen molar-refractivity contribution in [3.63, 3.8) is 0 Å². The van der Waals surface area contributed by atoms with Crippen LogP contribution in [-0.2, 0) is 4.74 Å². The number of ether oxygens (including phenoxy) is 1. The van der Waals surface area contributed by atoms with Crippen LogP contribution >= 0.6 is 0 Å². The molecule has 1 saturated heterocycles. The Morgan fingerprint density at radius 1 is 1.30 bits per heavy atom. The molecular weight excluding hydrogens is 124 g/mol. The fourth-order valence-electron chi connectivity index (χ4n) is 2.87. The van der Waals surface area contributed by atoms with Gasteiger partial charge in [0.05, 0.1) is 11.7 Å². The summed E-state index contributed by atoms with van der Waals surface area (Å²) in [5.41, 5.74) is 0.443. The zero-order valence-electron chi connectivity index (χ0n) is 6.63. The lowest BCUT2D eigenvalue weighted by Crippen LogP contribution is -2.35. The first-order chi connectivity index (χ1) is 4.74. The first-order valence-electron chi connectivity index (χ1n) is 4.42. The van der Waals surface area contributed by atoms with Crippen molar-refractivity contribution >= 4 is 0 Å². The van der Waals surface area contributed by atoms with E-state index in [9.17, 15) is 0 Å². The van der Waals surface area contributed by atoms with Crippen LogP contribution in [0, 0.1) is 17.8 Å². The summed E-state index contributed by atoms with van der Waals surface area (Å²) >= 11 is 0. The Labute approximate surface area is 61.8 Å². The minimum absolute atomic E-state index is 0.443. The van der Waals surface area contributed by atoms with Gasteiger partial charge in [-0.3, -0.25) is 0 Å². The lowest BCUT2D eigenvalue weighted by molar-refractivity contribution is 0.245. The first-order valence-corrected chi connectivity index (χ1v) is 4.42. The van der Waals surface area contributed by atoms with E-state index in [-0.39, 0.29) is 0 Å². The van der Waals surface area contributed by atoms with Crippen LogP contribution in [0.5, 0.6) is 0 Å². The van der Waals surface area contributed by atoms with E-state index in [1.54, 1.807) is 0 Å². The molecule has 0 spiro atoms. The molecule has 5 atom stereocenters. The van der Waals surface area contributed by atoms with Gasteiger partial charge in [-0.05, 0) is 30.6 Å². The van der Waals surface area contributed by atoms with Gasteiger partial charge in [-0.2, -0.15) is 0 Å². The average molecular weight is 138 g/mol. The zero-order valence-corrected chi connectivity index (χ0v) is 6.63. The average Bonchev–Trinajstić information content (AvgIpc) is 2.68. The predicted octanol–water partition coefficient (Wildman–Crippen LogP) is 1.82. The van der Waals surface area contributed by atoms with E-state index in [1.165, 1.54) is 12.8 Å². The van der Waals surface area contributed by atoms with Gasteiger partial charge in [0.25, 0.3) is 0 Å². The van der Waals surface area contributed by atoms with Crippen LogP contribution in [-0.4, -0.2) is 11.7 Å². The number of epoxide rings is 1. The maximum atomic E-state index is 5.72. The van der Waals surface area contributed by atoms with Gasteiger partial charge in [0.15, 0.2) is 0 Å². The lowest BCUT2D eigenvalue weighted by Gasteiger charge is -2.26. The molecular formula is C9H14O. The maximum Gasteiger partial charge on any atom is 0.0985 e. The summed E-state index contributed by atoms with van der Waals surface area (Å²) in [5.74, 6) is 2.79. The monoisotopic (exact) mass is 138 g/mol. The van der Waals surface area contributed by atoms with Crippen molar-refractivity contribution in [3.8, 4) is 0 Å². The van der Waals surface area contributed by atoms with Crippen molar-refractivity contribution in [1.82, 2.24) is 0 Å². The van der Waals surface area contributed by atoms with Crippen LogP contribution in [0.15, 0.2) is 0 Å². The Balaban J connectivity index is 1.76. The molecule has 3 fully saturated rings. The summed E-state index contributed by atoms with van der Waals surface area (Å²) in [4.78, 5) is 0. The van der Waals surface area contributed by atoms with E-state index in [0.29, 0.717) is 11.7 Å². The molecule has 1 aliphatic heterocycles. The van der Waals surface area contributed by atoms with Crippen LogP contribution in [0.4, 0.5) is 0 Å². The molecule has 0 bridgehead atoms. The third-order valence-corrected chi connectivity index (χ3v) is 3.67. The normalized spacial score (nSPS) is 70.2. The third kappa shape index (κ3) is 0.430. The number of fused-ring (bicyclic) bond motifs is 1.